The lowest BCUT2D eigenvalue weighted by Gasteiger charge is -2.12. The molecule has 0 radical (unpaired) electrons. The second-order valence-corrected chi connectivity index (χ2v) is 8.29. The van der Waals surface area contributed by atoms with Crippen LogP contribution in [0, 0.1) is 0 Å². The predicted octanol–water partition coefficient (Wildman–Crippen LogP) is 5.26. The molecule has 0 fully saturated rings. The molecule has 8 nitrogen and oxygen atoms in total. The fraction of sp³-hybridized carbons (Fsp3) is 0.222. The van der Waals surface area contributed by atoms with Crippen molar-refractivity contribution >= 4 is 29.3 Å². The third-order valence-corrected chi connectivity index (χ3v) is 6.24. The first kappa shape index (κ1) is 25.1. The SMILES string of the molecule is CCc1cc2c(cc(C(=O)OC)n2Cc2ccc(-c3ccccc3-c3nn[nH]n3)cc2)c(CC)n1.Cl. The Balaban J connectivity index is 0.00000304. The lowest BCUT2D eigenvalue weighted by atomic mass is 9.98. The zero-order valence-electron chi connectivity index (χ0n) is 20.4. The van der Waals surface area contributed by atoms with Crippen molar-refractivity contribution in [1.29, 1.82) is 0 Å². The highest BCUT2D eigenvalue weighted by atomic mass is 35.5. The fourth-order valence-corrected chi connectivity index (χ4v) is 4.45. The zero-order valence-corrected chi connectivity index (χ0v) is 21.2. The number of halogens is 1. The maximum atomic E-state index is 12.7. The number of tetrazole rings is 1. The maximum absolute atomic E-state index is 12.7. The van der Waals surface area contributed by atoms with Gasteiger partial charge in [-0.2, -0.15) is 5.21 Å². The molecule has 36 heavy (non-hydrogen) atoms. The van der Waals surface area contributed by atoms with Crippen LogP contribution in [0.5, 0.6) is 0 Å². The predicted molar refractivity (Wildman–Crippen MR) is 141 cm³/mol. The second kappa shape index (κ2) is 10.7. The van der Waals surface area contributed by atoms with Gasteiger partial charge in [-0.15, -0.1) is 22.6 Å². The van der Waals surface area contributed by atoms with Gasteiger partial charge in [0.15, 0.2) is 0 Å². The Morgan fingerprint density at radius 1 is 1.00 bits per heavy atom. The lowest BCUT2D eigenvalue weighted by molar-refractivity contribution is 0.0589. The third kappa shape index (κ3) is 4.59. The molecule has 0 saturated carbocycles. The van der Waals surface area contributed by atoms with Gasteiger partial charge in [0.05, 0.1) is 12.6 Å². The number of aryl methyl sites for hydroxylation is 2. The summed E-state index contributed by atoms with van der Waals surface area (Å²) in [5.41, 5.74) is 7.58. The molecule has 1 N–H and O–H groups in total. The lowest BCUT2D eigenvalue weighted by Crippen LogP contribution is -2.11. The first-order valence-electron chi connectivity index (χ1n) is 11.6. The minimum atomic E-state index is -0.355. The van der Waals surface area contributed by atoms with Crippen LogP contribution in [0.2, 0.25) is 0 Å². The number of rotatable bonds is 7. The topological polar surface area (TPSA) is 98.6 Å². The van der Waals surface area contributed by atoms with E-state index < -0.39 is 0 Å². The van der Waals surface area contributed by atoms with Crippen molar-refractivity contribution in [2.24, 2.45) is 0 Å². The van der Waals surface area contributed by atoms with Crippen molar-refractivity contribution in [2.45, 2.75) is 33.2 Å². The van der Waals surface area contributed by atoms with Crippen molar-refractivity contribution in [1.82, 2.24) is 30.2 Å². The number of nitrogens with zero attached hydrogens (tertiary/aromatic N) is 5. The summed E-state index contributed by atoms with van der Waals surface area (Å²) in [4.78, 5) is 17.4. The minimum Gasteiger partial charge on any atom is -0.464 e. The number of fused-ring (bicyclic) bond motifs is 1. The number of hydrogen-bond donors (Lipinski definition) is 1. The van der Waals surface area contributed by atoms with E-state index in [0.717, 1.165) is 57.4 Å². The minimum absolute atomic E-state index is 0. The van der Waals surface area contributed by atoms with E-state index in [9.17, 15) is 4.79 Å². The highest BCUT2D eigenvalue weighted by Gasteiger charge is 2.19. The smallest absolute Gasteiger partial charge is 0.354 e. The molecule has 0 aliphatic rings. The summed E-state index contributed by atoms with van der Waals surface area (Å²) in [6.07, 6.45) is 1.62. The van der Waals surface area contributed by atoms with Gasteiger partial charge >= 0.3 is 5.97 Å². The number of methoxy groups -OCH3 is 1. The molecule has 0 saturated heterocycles. The molecule has 5 rings (SSSR count). The molecule has 9 heteroatoms. The summed E-state index contributed by atoms with van der Waals surface area (Å²) in [6.45, 7) is 4.71. The molecule has 0 amide bonds. The average molecular weight is 503 g/mol. The number of aromatic nitrogens is 6. The van der Waals surface area contributed by atoms with E-state index in [1.807, 2.05) is 34.9 Å². The van der Waals surface area contributed by atoms with Crippen LogP contribution in [0.1, 0.15) is 41.3 Å². The van der Waals surface area contributed by atoms with Crippen molar-refractivity contribution in [2.75, 3.05) is 7.11 Å². The van der Waals surface area contributed by atoms with Gasteiger partial charge < -0.3 is 9.30 Å². The standard InChI is InChI=1S/C27H26N6O2.ClH/c1-4-19-14-24-22(23(5-2)28-19)15-25(27(34)35-3)33(24)16-17-10-12-18(13-11-17)20-8-6-7-9-21(20)26-29-31-32-30-26;/h6-15H,4-5,16H2,1-3H3,(H,29,30,31,32);1H. The van der Waals surface area contributed by atoms with Crippen LogP contribution in [0.4, 0.5) is 0 Å². The number of ether oxygens (including phenoxy) is 1. The van der Waals surface area contributed by atoms with Gasteiger partial charge in [-0.05, 0) is 46.9 Å². The molecule has 0 aliphatic heterocycles. The van der Waals surface area contributed by atoms with E-state index >= 15 is 0 Å². The summed E-state index contributed by atoms with van der Waals surface area (Å²) in [7, 11) is 1.41. The Morgan fingerprint density at radius 3 is 2.39 bits per heavy atom. The van der Waals surface area contributed by atoms with Gasteiger partial charge in [0, 0.05) is 28.9 Å². The molecular formula is C27H27ClN6O2. The van der Waals surface area contributed by atoms with E-state index in [1.54, 1.807) is 0 Å². The third-order valence-electron chi connectivity index (χ3n) is 6.24. The number of benzene rings is 2. The molecule has 0 unspecified atom stereocenters. The van der Waals surface area contributed by atoms with Crippen molar-refractivity contribution in [3.05, 3.63) is 83.3 Å². The van der Waals surface area contributed by atoms with Gasteiger partial charge in [0.25, 0.3) is 0 Å². The van der Waals surface area contributed by atoms with Crippen LogP contribution in [0.25, 0.3) is 33.4 Å². The summed E-state index contributed by atoms with van der Waals surface area (Å²) >= 11 is 0. The Kier molecular flexibility index (Phi) is 7.45. The molecule has 0 atom stereocenters. The van der Waals surface area contributed by atoms with E-state index in [4.69, 9.17) is 9.72 Å². The van der Waals surface area contributed by atoms with E-state index in [2.05, 4.69) is 64.8 Å². The Bertz CT molecular complexity index is 1490. The summed E-state index contributed by atoms with van der Waals surface area (Å²) in [5.74, 6) is 0.199. The Hall–Kier alpha value is -4.04. The van der Waals surface area contributed by atoms with Crippen LogP contribution in [-0.2, 0) is 24.1 Å². The molecule has 0 aliphatic carbocycles. The quantitative estimate of drug-likeness (QED) is 0.304. The summed E-state index contributed by atoms with van der Waals surface area (Å²) in [5, 5.41) is 15.5. The maximum Gasteiger partial charge on any atom is 0.354 e. The molecular weight excluding hydrogens is 476 g/mol. The van der Waals surface area contributed by atoms with E-state index in [1.165, 1.54) is 7.11 Å². The van der Waals surface area contributed by atoms with Gasteiger partial charge in [-0.1, -0.05) is 62.4 Å². The van der Waals surface area contributed by atoms with Crippen LogP contribution in [0.3, 0.4) is 0 Å². The van der Waals surface area contributed by atoms with Gasteiger partial charge in [-0.3, -0.25) is 4.98 Å². The molecule has 3 heterocycles. The van der Waals surface area contributed by atoms with Crippen LogP contribution in [-0.4, -0.2) is 43.3 Å². The number of nitrogens with one attached hydrogen (secondary N) is 1. The normalized spacial score (nSPS) is 10.9. The molecule has 3 aromatic heterocycles. The highest BCUT2D eigenvalue weighted by molar-refractivity contribution is 5.96. The molecule has 0 spiro atoms. The number of esters is 1. The van der Waals surface area contributed by atoms with Crippen molar-refractivity contribution in [3.8, 4) is 22.5 Å². The molecule has 2 aromatic carbocycles. The monoisotopic (exact) mass is 502 g/mol. The van der Waals surface area contributed by atoms with Gasteiger partial charge in [0.2, 0.25) is 5.82 Å². The zero-order chi connectivity index (χ0) is 24.4. The van der Waals surface area contributed by atoms with Gasteiger partial charge in [-0.25, -0.2) is 4.79 Å². The number of H-pyrrole nitrogens is 1. The largest absolute Gasteiger partial charge is 0.464 e. The second-order valence-electron chi connectivity index (χ2n) is 8.29. The number of aromatic amines is 1. The highest BCUT2D eigenvalue weighted by Crippen LogP contribution is 2.31. The Morgan fingerprint density at radius 2 is 1.75 bits per heavy atom. The van der Waals surface area contributed by atoms with Crippen LogP contribution < -0.4 is 0 Å². The molecule has 5 aromatic rings. The Labute approximate surface area is 215 Å². The average Bonchev–Trinajstić information content (AvgIpc) is 3.57. The van der Waals surface area contributed by atoms with Gasteiger partial charge in [0.1, 0.15) is 5.69 Å². The van der Waals surface area contributed by atoms with Crippen molar-refractivity contribution < 1.29 is 9.53 Å². The first-order chi connectivity index (χ1) is 17.1. The molecule has 184 valence electrons. The van der Waals surface area contributed by atoms with E-state index in [-0.39, 0.29) is 18.4 Å². The number of hydrogen-bond acceptors (Lipinski definition) is 6. The first-order valence-corrected chi connectivity index (χ1v) is 11.6. The van der Waals surface area contributed by atoms with Crippen molar-refractivity contribution in [3.63, 3.8) is 0 Å². The number of carbonyl (C=O) groups is 1. The van der Waals surface area contributed by atoms with E-state index in [0.29, 0.717) is 18.1 Å². The fourth-order valence-electron chi connectivity index (χ4n) is 4.45. The molecule has 0 bridgehead atoms. The van der Waals surface area contributed by atoms with Crippen LogP contribution >= 0.6 is 12.4 Å². The summed E-state index contributed by atoms with van der Waals surface area (Å²) in [6, 6.07) is 20.3. The number of carbonyl (C=O) groups excluding carboxylic acids is 1. The number of pyridine rings is 1. The summed E-state index contributed by atoms with van der Waals surface area (Å²) < 4.78 is 7.13. The van der Waals surface area contributed by atoms with Crippen LogP contribution in [0.15, 0.2) is 60.7 Å².